The van der Waals surface area contributed by atoms with Gasteiger partial charge in [-0.25, -0.2) is 0 Å². The summed E-state index contributed by atoms with van der Waals surface area (Å²) in [5.41, 5.74) is 1.01. The molecule has 0 aromatic heterocycles. The summed E-state index contributed by atoms with van der Waals surface area (Å²) < 4.78 is 18.3. The molecule has 4 heteroatoms. The summed E-state index contributed by atoms with van der Waals surface area (Å²) in [5, 5.41) is 0. The second-order valence-electron chi connectivity index (χ2n) is 3.80. The van der Waals surface area contributed by atoms with E-state index in [4.69, 9.17) is 4.74 Å². The van der Waals surface area contributed by atoms with Crippen LogP contribution >= 0.6 is 15.9 Å². The molecule has 2 nitrogen and oxygen atoms in total. The Labute approximate surface area is 118 Å². The predicted molar refractivity (Wildman–Crippen MR) is 77.2 cm³/mol. The van der Waals surface area contributed by atoms with Crippen LogP contribution in [0.15, 0.2) is 57.9 Å². The van der Waals surface area contributed by atoms with Crippen LogP contribution in [0.1, 0.15) is 5.56 Å². The normalized spacial score (nSPS) is 12.1. The Morgan fingerprint density at radius 3 is 2.56 bits per heavy atom. The monoisotopic (exact) mass is 324 g/mol. The Kier molecular flexibility index (Phi) is 4.55. The molecule has 2 aromatic carbocycles. The molecule has 1 unspecified atom stereocenters. The Balaban J connectivity index is 2.13. The lowest BCUT2D eigenvalue weighted by Crippen LogP contribution is -1.96. The lowest BCUT2D eigenvalue weighted by molar-refractivity contribution is 0.414. The van der Waals surface area contributed by atoms with E-state index in [-0.39, 0.29) is 0 Å². The maximum Gasteiger partial charge on any atom is 0.119 e. The van der Waals surface area contributed by atoms with E-state index in [0.717, 1.165) is 20.7 Å². The topological polar surface area (TPSA) is 26.3 Å². The highest BCUT2D eigenvalue weighted by Crippen LogP contribution is 2.18. The third kappa shape index (κ3) is 3.43. The van der Waals surface area contributed by atoms with E-state index in [1.807, 2.05) is 48.5 Å². The summed E-state index contributed by atoms with van der Waals surface area (Å²) >= 11 is 3.36. The van der Waals surface area contributed by atoms with Crippen LogP contribution in [-0.4, -0.2) is 11.3 Å². The molecule has 0 aliphatic carbocycles. The molecule has 0 saturated carbocycles. The van der Waals surface area contributed by atoms with Gasteiger partial charge in [-0.15, -0.1) is 0 Å². The van der Waals surface area contributed by atoms with Gasteiger partial charge in [-0.3, -0.25) is 4.21 Å². The number of hydrogen-bond acceptors (Lipinski definition) is 2. The molecule has 18 heavy (non-hydrogen) atoms. The molecule has 0 aliphatic rings. The highest BCUT2D eigenvalue weighted by Gasteiger charge is 2.05. The average molecular weight is 325 g/mol. The molecule has 0 saturated heterocycles. The van der Waals surface area contributed by atoms with E-state index in [1.165, 1.54) is 0 Å². The van der Waals surface area contributed by atoms with Gasteiger partial charge in [0.1, 0.15) is 5.75 Å². The molecule has 0 N–H and O–H groups in total. The molecule has 0 spiro atoms. The van der Waals surface area contributed by atoms with E-state index in [0.29, 0.717) is 5.75 Å². The van der Waals surface area contributed by atoms with Gasteiger partial charge >= 0.3 is 0 Å². The first-order valence-electron chi connectivity index (χ1n) is 5.46. The van der Waals surface area contributed by atoms with Crippen molar-refractivity contribution in [1.29, 1.82) is 0 Å². The van der Waals surface area contributed by atoms with E-state index < -0.39 is 10.8 Å². The average Bonchev–Trinajstić information content (AvgIpc) is 2.39. The molecule has 2 aromatic rings. The van der Waals surface area contributed by atoms with Gasteiger partial charge in [0.05, 0.1) is 23.7 Å². The molecule has 0 radical (unpaired) electrons. The van der Waals surface area contributed by atoms with Crippen molar-refractivity contribution in [1.82, 2.24) is 0 Å². The number of rotatable bonds is 4. The maximum atomic E-state index is 12.2. The number of ether oxygens (including phenoxy) is 1. The quantitative estimate of drug-likeness (QED) is 0.855. The van der Waals surface area contributed by atoms with E-state index >= 15 is 0 Å². The molecule has 0 aliphatic heterocycles. The minimum Gasteiger partial charge on any atom is -0.497 e. The molecule has 0 fully saturated rings. The third-order valence-electron chi connectivity index (χ3n) is 2.51. The smallest absolute Gasteiger partial charge is 0.119 e. The van der Waals surface area contributed by atoms with Gasteiger partial charge in [0.15, 0.2) is 0 Å². The van der Waals surface area contributed by atoms with E-state index in [1.54, 1.807) is 7.11 Å². The predicted octanol–water partition coefficient (Wildman–Crippen LogP) is 3.77. The molecular formula is C14H13BrO2S. The van der Waals surface area contributed by atoms with Gasteiger partial charge in [-0.1, -0.05) is 28.1 Å². The first kappa shape index (κ1) is 13.3. The SMILES string of the molecule is COc1cccc(CS(=O)c2ccc(Br)cc2)c1. The molecule has 94 valence electrons. The number of hydrogen-bond donors (Lipinski definition) is 0. The number of benzene rings is 2. The summed E-state index contributed by atoms with van der Waals surface area (Å²) in [6.07, 6.45) is 0. The van der Waals surface area contributed by atoms with Gasteiger partial charge < -0.3 is 4.74 Å². The van der Waals surface area contributed by atoms with Crippen LogP contribution in [0.4, 0.5) is 0 Å². The molecule has 0 amide bonds. The van der Waals surface area contributed by atoms with Crippen LogP contribution in [0.5, 0.6) is 5.75 Å². The van der Waals surface area contributed by atoms with Crippen molar-refractivity contribution >= 4 is 26.7 Å². The highest BCUT2D eigenvalue weighted by atomic mass is 79.9. The zero-order chi connectivity index (χ0) is 13.0. The largest absolute Gasteiger partial charge is 0.497 e. The number of methoxy groups -OCH3 is 1. The van der Waals surface area contributed by atoms with Gasteiger partial charge in [0, 0.05) is 9.37 Å². The van der Waals surface area contributed by atoms with Crippen molar-refractivity contribution in [3.05, 3.63) is 58.6 Å². The summed E-state index contributed by atoms with van der Waals surface area (Å²) in [4.78, 5) is 0.834. The van der Waals surface area contributed by atoms with Crippen LogP contribution in [0.25, 0.3) is 0 Å². The Hall–Kier alpha value is -1.13. The minimum atomic E-state index is -1.03. The van der Waals surface area contributed by atoms with Crippen LogP contribution in [0.3, 0.4) is 0 Å². The van der Waals surface area contributed by atoms with Gasteiger partial charge in [-0.05, 0) is 42.0 Å². The fourth-order valence-electron chi connectivity index (χ4n) is 1.58. The zero-order valence-corrected chi connectivity index (χ0v) is 12.3. The fraction of sp³-hybridized carbons (Fsp3) is 0.143. The minimum absolute atomic E-state index is 0.499. The van der Waals surface area contributed by atoms with Crippen LogP contribution in [0.2, 0.25) is 0 Å². The van der Waals surface area contributed by atoms with Crippen molar-refractivity contribution < 1.29 is 8.95 Å². The lowest BCUT2D eigenvalue weighted by Gasteiger charge is -2.05. The first-order chi connectivity index (χ1) is 8.69. The van der Waals surface area contributed by atoms with Crippen molar-refractivity contribution in [3.63, 3.8) is 0 Å². The molecule has 2 rings (SSSR count). The summed E-state index contributed by atoms with van der Waals surface area (Å²) in [6, 6.07) is 15.2. The Morgan fingerprint density at radius 2 is 1.89 bits per heavy atom. The van der Waals surface area contributed by atoms with Crippen molar-refractivity contribution in [3.8, 4) is 5.75 Å². The van der Waals surface area contributed by atoms with E-state index in [2.05, 4.69) is 15.9 Å². The highest BCUT2D eigenvalue weighted by molar-refractivity contribution is 9.10. The standard InChI is InChI=1S/C14H13BrO2S/c1-17-13-4-2-3-11(9-13)10-18(16)14-7-5-12(15)6-8-14/h2-9H,10H2,1H3. The van der Waals surface area contributed by atoms with Gasteiger partial charge in [0.25, 0.3) is 0 Å². The van der Waals surface area contributed by atoms with Gasteiger partial charge in [-0.2, -0.15) is 0 Å². The second kappa shape index (κ2) is 6.16. The van der Waals surface area contributed by atoms with Crippen molar-refractivity contribution in [2.75, 3.05) is 7.11 Å². The van der Waals surface area contributed by atoms with Crippen molar-refractivity contribution in [2.45, 2.75) is 10.6 Å². The third-order valence-corrected chi connectivity index (χ3v) is 4.43. The van der Waals surface area contributed by atoms with Crippen molar-refractivity contribution in [2.24, 2.45) is 0 Å². The fourth-order valence-corrected chi connectivity index (χ4v) is 2.94. The maximum absolute atomic E-state index is 12.2. The Bertz CT molecular complexity index is 552. The van der Waals surface area contributed by atoms with Gasteiger partial charge in [0.2, 0.25) is 0 Å². The summed E-state index contributed by atoms with van der Waals surface area (Å²) in [5.74, 6) is 1.29. The van der Waals surface area contributed by atoms with Crippen LogP contribution in [-0.2, 0) is 16.6 Å². The van der Waals surface area contributed by atoms with E-state index in [9.17, 15) is 4.21 Å². The Morgan fingerprint density at radius 1 is 1.17 bits per heavy atom. The second-order valence-corrected chi connectivity index (χ2v) is 6.16. The molecule has 0 bridgehead atoms. The summed E-state index contributed by atoms with van der Waals surface area (Å²) in [7, 11) is 0.600. The lowest BCUT2D eigenvalue weighted by atomic mass is 10.2. The van der Waals surface area contributed by atoms with Crippen LogP contribution in [0, 0.1) is 0 Å². The molecular weight excluding hydrogens is 312 g/mol. The van der Waals surface area contributed by atoms with Crippen LogP contribution < -0.4 is 4.74 Å². The first-order valence-corrected chi connectivity index (χ1v) is 7.57. The zero-order valence-electron chi connectivity index (χ0n) is 9.93. The number of halogens is 1. The molecule has 0 heterocycles. The summed E-state index contributed by atoms with van der Waals surface area (Å²) in [6.45, 7) is 0. The molecule has 1 atom stereocenters.